The third-order valence-electron chi connectivity index (χ3n) is 3.19. The summed E-state index contributed by atoms with van der Waals surface area (Å²) < 4.78 is 0. The Balaban J connectivity index is 2.65. The zero-order chi connectivity index (χ0) is 14.5. The number of carbonyl (C=O) groups is 1. The number of allylic oxidation sites excluding steroid dienone is 1. The van der Waals surface area contributed by atoms with Gasteiger partial charge in [-0.25, -0.2) is 0 Å². The molecule has 1 N–H and O–H groups in total. The second-order valence-corrected chi connectivity index (χ2v) is 6.01. The molecule has 0 spiro atoms. The van der Waals surface area contributed by atoms with E-state index < -0.39 is 5.97 Å². The Morgan fingerprint density at radius 2 is 2.00 bits per heavy atom. The van der Waals surface area contributed by atoms with E-state index in [1.807, 2.05) is 0 Å². The lowest BCUT2D eigenvalue weighted by atomic mass is 9.85. The summed E-state index contributed by atoms with van der Waals surface area (Å²) in [6.07, 6.45) is 5.90. The molecular formula is C17H24O2. The first-order chi connectivity index (χ1) is 8.80. The normalized spacial score (nSPS) is 12.0. The molecule has 0 unspecified atom stereocenters. The van der Waals surface area contributed by atoms with E-state index in [0.29, 0.717) is 6.42 Å². The Morgan fingerprint density at radius 1 is 1.32 bits per heavy atom. The minimum absolute atomic E-state index is 0.175. The lowest BCUT2D eigenvalue weighted by Gasteiger charge is -2.20. The van der Waals surface area contributed by atoms with Gasteiger partial charge < -0.3 is 5.11 Å². The number of aliphatic carboxylic acids is 1. The van der Waals surface area contributed by atoms with Gasteiger partial charge in [0.2, 0.25) is 0 Å². The van der Waals surface area contributed by atoms with Crippen LogP contribution in [-0.4, -0.2) is 11.1 Å². The van der Waals surface area contributed by atoms with Crippen LogP contribution in [0.3, 0.4) is 0 Å². The van der Waals surface area contributed by atoms with Gasteiger partial charge in [-0.05, 0) is 41.9 Å². The maximum atomic E-state index is 10.4. The van der Waals surface area contributed by atoms with Gasteiger partial charge in [0.1, 0.15) is 0 Å². The summed E-state index contributed by atoms with van der Waals surface area (Å²) in [5.74, 6) is -0.723. The van der Waals surface area contributed by atoms with Crippen LogP contribution in [0.5, 0.6) is 0 Å². The van der Waals surface area contributed by atoms with E-state index in [0.717, 1.165) is 6.42 Å². The van der Waals surface area contributed by atoms with Crippen molar-refractivity contribution in [1.82, 2.24) is 0 Å². The molecule has 1 aromatic carbocycles. The molecule has 0 aliphatic carbocycles. The molecule has 0 fully saturated rings. The fraction of sp³-hybridized carbons (Fsp3) is 0.471. The highest BCUT2D eigenvalue weighted by Crippen LogP contribution is 2.24. The number of unbranched alkanes of at least 4 members (excludes halogenated alkanes) is 1. The number of hydrogen-bond donors (Lipinski definition) is 1. The van der Waals surface area contributed by atoms with Crippen molar-refractivity contribution in [2.24, 2.45) is 0 Å². The largest absolute Gasteiger partial charge is 0.481 e. The van der Waals surface area contributed by atoms with Crippen LogP contribution in [0, 0.1) is 6.92 Å². The molecule has 0 saturated heterocycles. The van der Waals surface area contributed by atoms with Gasteiger partial charge in [0.25, 0.3) is 0 Å². The second kappa shape index (κ2) is 6.55. The average Bonchev–Trinajstić information content (AvgIpc) is 2.28. The molecule has 0 aromatic heterocycles. The van der Waals surface area contributed by atoms with Gasteiger partial charge in [-0.1, -0.05) is 51.1 Å². The topological polar surface area (TPSA) is 37.3 Å². The zero-order valence-electron chi connectivity index (χ0n) is 12.4. The Morgan fingerprint density at radius 3 is 2.53 bits per heavy atom. The molecule has 0 radical (unpaired) electrons. The Labute approximate surface area is 116 Å². The monoisotopic (exact) mass is 260 g/mol. The van der Waals surface area contributed by atoms with Crippen LogP contribution < -0.4 is 0 Å². The molecule has 2 nitrogen and oxygen atoms in total. The molecule has 0 atom stereocenters. The summed E-state index contributed by atoms with van der Waals surface area (Å²) in [4.78, 5) is 10.4. The number of hydrogen-bond acceptors (Lipinski definition) is 1. The summed E-state index contributed by atoms with van der Waals surface area (Å²) in [7, 11) is 0. The van der Waals surface area contributed by atoms with Crippen LogP contribution in [0.1, 0.15) is 56.7 Å². The number of benzene rings is 1. The van der Waals surface area contributed by atoms with Gasteiger partial charge in [0.05, 0.1) is 0 Å². The van der Waals surface area contributed by atoms with Gasteiger partial charge in [-0.2, -0.15) is 0 Å². The third kappa shape index (κ3) is 5.29. The predicted octanol–water partition coefficient (Wildman–Crippen LogP) is 4.56. The van der Waals surface area contributed by atoms with Crippen molar-refractivity contribution in [3.8, 4) is 0 Å². The second-order valence-electron chi connectivity index (χ2n) is 6.01. The van der Waals surface area contributed by atoms with Crippen molar-refractivity contribution in [3.63, 3.8) is 0 Å². The minimum Gasteiger partial charge on any atom is -0.481 e. The molecule has 104 valence electrons. The number of aryl methyl sites for hydroxylation is 1. The lowest BCUT2D eigenvalue weighted by molar-refractivity contribution is -0.137. The van der Waals surface area contributed by atoms with Gasteiger partial charge in [-0.15, -0.1) is 0 Å². The predicted molar refractivity (Wildman–Crippen MR) is 80.4 cm³/mol. The van der Waals surface area contributed by atoms with Crippen molar-refractivity contribution in [3.05, 3.63) is 41.0 Å². The highest BCUT2D eigenvalue weighted by atomic mass is 16.4. The zero-order valence-corrected chi connectivity index (χ0v) is 12.4. The van der Waals surface area contributed by atoms with Gasteiger partial charge in [0.15, 0.2) is 0 Å². The SMILES string of the molecule is Cc1cc(C(C)(C)C)ccc1/C=C/CCCC(=O)O. The molecule has 0 saturated carbocycles. The number of carboxylic acid groups (broad SMARTS) is 1. The van der Waals surface area contributed by atoms with E-state index in [9.17, 15) is 4.79 Å². The number of rotatable bonds is 5. The van der Waals surface area contributed by atoms with Crippen molar-refractivity contribution in [2.45, 2.75) is 52.4 Å². The summed E-state index contributed by atoms with van der Waals surface area (Å²) in [6.45, 7) is 8.75. The number of carboxylic acids is 1. The van der Waals surface area contributed by atoms with E-state index in [-0.39, 0.29) is 11.8 Å². The van der Waals surface area contributed by atoms with Crippen molar-refractivity contribution in [1.29, 1.82) is 0 Å². The van der Waals surface area contributed by atoms with E-state index >= 15 is 0 Å². The van der Waals surface area contributed by atoms with E-state index in [4.69, 9.17) is 5.11 Å². The van der Waals surface area contributed by atoms with Crippen molar-refractivity contribution >= 4 is 12.0 Å². The molecule has 19 heavy (non-hydrogen) atoms. The molecule has 0 aliphatic heterocycles. The molecule has 1 rings (SSSR count). The van der Waals surface area contributed by atoms with Crippen LogP contribution in [0.15, 0.2) is 24.3 Å². The molecule has 0 heterocycles. The average molecular weight is 260 g/mol. The first-order valence-electron chi connectivity index (χ1n) is 6.80. The fourth-order valence-corrected chi connectivity index (χ4v) is 1.91. The summed E-state index contributed by atoms with van der Waals surface area (Å²) in [5.41, 5.74) is 3.99. The molecule has 2 heteroatoms. The van der Waals surface area contributed by atoms with Crippen LogP contribution in [0.4, 0.5) is 0 Å². The molecular weight excluding hydrogens is 236 g/mol. The van der Waals surface area contributed by atoms with Crippen LogP contribution in [-0.2, 0) is 10.2 Å². The maximum absolute atomic E-state index is 10.4. The fourth-order valence-electron chi connectivity index (χ4n) is 1.91. The van der Waals surface area contributed by atoms with Crippen LogP contribution >= 0.6 is 0 Å². The first-order valence-corrected chi connectivity index (χ1v) is 6.80. The quantitative estimate of drug-likeness (QED) is 0.788. The molecule has 0 aliphatic rings. The van der Waals surface area contributed by atoms with Crippen molar-refractivity contribution < 1.29 is 9.90 Å². The van der Waals surface area contributed by atoms with Gasteiger partial charge in [0, 0.05) is 6.42 Å². The van der Waals surface area contributed by atoms with E-state index in [1.165, 1.54) is 16.7 Å². The third-order valence-corrected chi connectivity index (χ3v) is 3.19. The minimum atomic E-state index is -0.723. The van der Waals surface area contributed by atoms with Gasteiger partial charge in [-0.3, -0.25) is 4.79 Å². The smallest absolute Gasteiger partial charge is 0.303 e. The lowest BCUT2D eigenvalue weighted by Crippen LogP contribution is -2.11. The molecule has 1 aromatic rings. The maximum Gasteiger partial charge on any atom is 0.303 e. The Bertz CT molecular complexity index is 465. The van der Waals surface area contributed by atoms with Crippen LogP contribution in [0.2, 0.25) is 0 Å². The van der Waals surface area contributed by atoms with E-state index in [1.54, 1.807) is 0 Å². The highest BCUT2D eigenvalue weighted by molar-refractivity contribution is 5.66. The van der Waals surface area contributed by atoms with Crippen molar-refractivity contribution in [2.75, 3.05) is 0 Å². The Hall–Kier alpha value is -1.57. The summed E-state index contributed by atoms with van der Waals surface area (Å²) >= 11 is 0. The summed E-state index contributed by atoms with van der Waals surface area (Å²) in [6, 6.07) is 6.55. The first kappa shape index (κ1) is 15.5. The standard InChI is InChI=1S/C17H24O2/c1-13-12-15(17(2,3)4)11-10-14(13)8-6-5-7-9-16(18)19/h6,8,10-12H,5,7,9H2,1-4H3,(H,18,19)/b8-6+. The summed E-state index contributed by atoms with van der Waals surface area (Å²) in [5, 5.41) is 8.56. The Kier molecular flexibility index (Phi) is 5.34. The van der Waals surface area contributed by atoms with E-state index in [2.05, 4.69) is 58.0 Å². The van der Waals surface area contributed by atoms with Gasteiger partial charge >= 0.3 is 5.97 Å². The highest BCUT2D eigenvalue weighted by Gasteiger charge is 2.13. The van der Waals surface area contributed by atoms with Crippen LogP contribution in [0.25, 0.3) is 6.08 Å². The molecule has 0 amide bonds. The molecule has 0 bridgehead atoms.